The fraction of sp³-hybridized carbons (Fsp3) is 0.750. The van der Waals surface area contributed by atoms with Gasteiger partial charge in [-0.3, -0.25) is 101 Å². The van der Waals surface area contributed by atoms with Gasteiger partial charge in [0.1, 0.15) is 85.1 Å². The van der Waals surface area contributed by atoms with Crippen LogP contribution in [-0.4, -0.2) is 416 Å². The number of thioether (sulfide) groups is 1. The first kappa shape index (κ1) is 94.8. The average Bonchev–Trinajstić information content (AvgIpc) is 1.66. The topological polar surface area (TPSA) is 526 Å². The van der Waals surface area contributed by atoms with Crippen molar-refractivity contribution >= 4 is 136 Å². The summed E-state index contributed by atoms with van der Waals surface area (Å²) in [5.41, 5.74) is 0. The zero-order valence-electron chi connectivity index (χ0n) is 72.8. The van der Waals surface area contributed by atoms with Gasteiger partial charge in [0.25, 0.3) is 0 Å². The molecule has 14 atom stereocenters. The smallest absolute Gasteiger partial charge is 0.322 e. The number of carbonyl (C=O) groups excluding carboxylic acids is 20. The highest BCUT2D eigenvalue weighted by molar-refractivity contribution is 7.98. The number of carbonyl (C=O) groups is 21. The molecule has 0 aromatic carbocycles. The van der Waals surface area contributed by atoms with E-state index in [2.05, 4.69) is 47.9 Å². The van der Waals surface area contributed by atoms with Gasteiger partial charge in [-0.1, -0.05) is 0 Å². The van der Waals surface area contributed by atoms with E-state index in [9.17, 15) is 101 Å². The number of carboxylic acids is 1. The van der Waals surface area contributed by atoms with Crippen LogP contribution in [0.4, 0.5) is 0 Å². The third-order valence-electron chi connectivity index (χ3n) is 27.7. The molecule has 0 aromatic rings. The van der Waals surface area contributed by atoms with E-state index in [0.29, 0.717) is 128 Å². The van der Waals surface area contributed by atoms with Crippen LogP contribution in [0.25, 0.3) is 0 Å². The van der Waals surface area contributed by atoms with E-state index in [4.69, 9.17) is 5.11 Å². The van der Waals surface area contributed by atoms with Crippen LogP contribution < -0.4 is 47.9 Å². The number of likely N-dealkylation sites (tertiary alicyclic amines) is 12. The minimum Gasteiger partial charge on any atom is -0.480 e. The zero-order valence-corrected chi connectivity index (χ0v) is 73.6. The summed E-state index contributed by atoms with van der Waals surface area (Å²) in [7, 11) is 0. The summed E-state index contributed by atoms with van der Waals surface area (Å²) in [6, 6.07) is -12.6. The van der Waals surface area contributed by atoms with E-state index >= 15 is 0 Å². The van der Waals surface area contributed by atoms with Crippen molar-refractivity contribution in [2.24, 2.45) is 0 Å². The van der Waals surface area contributed by atoms with E-state index in [0.717, 1.165) is 13.0 Å². The second-order valence-corrected chi connectivity index (χ2v) is 36.5. The Morgan fingerprint density at radius 3 is 0.734 bits per heavy atom. The third kappa shape index (κ3) is 21.7. The van der Waals surface area contributed by atoms with E-state index in [1.165, 1.54) is 65.7 Å². The van der Waals surface area contributed by atoms with Crippen molar-refractivity contribution in [3.05, 3.63) is 0 Å². The van der Waals surface area contributed by atoms with E-state index in [1.807, 2.05) is 6.26 Å². The number of nitrogens with one attached hydrogen (secondary N) is 9. The third-order valence-corrected chi connectivity index (χ3v) is 28.3. The molecule has 702 valence electrons. The van der Waals surface area contributed by atoms with Crippen LogP contribution in [0.5, 0.6) is 0 Å². The fourth-order valence-corrected chi connectivity index (χ4v) is 21.6. The Kier molecular flexibility index (Phi) is 32.2. The van der Waals surface area contributed by atoms with Gasteiger partial charge in [0.05, 0.1) is 45.3 Å². The number of aliphatic carboxylic acids is 1. The highest BCUT2D eigenvalue weighted by atomic mass is 32.2. The Morgan fingerprint density at radius 2 is 0.492 bits per heavy atom. The highest BCUT2D eigenvalue weighted by Crippen LogP contribution is 2.33. The van der Waals surface area contributed by atoms with Crippen molar-refractivity contribution in [2.45, 2.75) is 258 Å². The normalized spacial score (nSPS) is 27.0. The summed E-state index contributed by atoms with van der Waals surface area (Å²) >= 11 is 1.41. The zero-order chi connectivity index (χ0) is 91.1. The maximum atomic E-state index is 14.5. The molecule has 13 aliphatic rings. The predicted molar refractivity (Wildman–Crippen MR) is 451 cm³/mol. The molecule has 43 nitrogen and oxygen atoms in total. The van der Waals surface area contributed by atoms with E-state index in [1.54, 1.807) is 4.90 Å². The van der Waals surface area contributed by atoms with E-state index < -0.39 is 236 Å². The number of hydrogen-bond donors (Lipinski definition) is 10. The molecule has 13 aliphatic heterocycles. The molecule has 0 aromatic heterocycles. The number of hydrogen-bond acceptors (Lipinski definition) is 23. The summed E-state index contributed by atoms with van der Waals surface area (Å²) in [4.78, 5) is 305. The van der Waals surface area contributed by atoms with E-state index in [-0.39, 0.29) is 142 Å². The minimum absolute atomic E-state index is 0.125. The van der Waals surface area contributed by atoms with Crippen molar-refractivity contribution in [1.82, 2.24) is 107 Å². The predicted octanol–water partition coefficient (Wildman–Crippen LogP) is -6.23. The van der Waals surface area contributed by atoms with Gasteiger partial charge < -0.3 is 112 Å². The molecule has 0 spiro atoms. The quantitative estimate of drug-likeness (QED) is 0.0300. The summed E-state index contributed by atoms with van der Waals surface area (Å²) in [6.07, 6.45) is 13.0. The Hall–Kier alpha value is -10.8. The average molecular weight is 1810 g/mol. The van der Waals surface area contributed by atoms with Gasteiger partial charge >= 0.3 is 5.97 Å². The maximum Gasteiger partial charge on any atom is 0.322 e. The lowest BCUT2D eigenvalue weighted by Gasteiger charge is -2.32. The van der Waals surface area contributed by atoms with Crippen LogP contribution in [0.1, 0.15) is 173 Å². The van der Waals surface area contributed by atoms with Crippen LogP contribution in [0, 0.1) is 0 Å². The lowest BCUT2D eigenvalue weighted by molar-refractivity contribution is -0.148. The minimum atomic E-state index is -1.23. The molecule has 0 bridgehead atoms. The molecule has 128 heavy (non-hydrogen) atoms. The van der Waals surface area contributed by atoms with Crippen molar-refractivity contribution < 1.29 is 106 Å². The molecule has 13 rings (SSSR count). The van der Waals surface area contributed by atoms with Crippen LogP contribution in [-0.2, 0) is 101 Å². The lowest BCUT2D eigenvalue weighted by atomic mass is 10.1. The molecule has 44 heteroatoms. The molecular weight excluding hydrogens is 1690 g/mol. The first-order valence-corrected chi connectivity index (χ1v) is 47.3. The standard InChI is InChI=1S/C84H123N21O22S/c1-128-42-28-50(93-78(121)58-22-3-30-94(58)64(106)44-87-73(116)53-17-5-37-101(53)81(124)60-24-11-32-96(60)66(108)45-88-72(115)52-16-4-36-100(52)79(122)51-15-2-29-85-51)71(114)86-43-65(107)95-31-10-23-59(95)80(123)102-38-6-18-54(102)74(117)89-46-67(109)97-33-12-25-61(97)82(125)103-39-7-19-55(103)75(118)90-47-68(110)98-34-13-26-62(98)83(126)104-40-8-20-56(104)76(119)91-48-69(111)99-35-14-27-63(99)84(127)105-41-9-21-57(105)77(120)92-49-70(112)113/h50-63,85H,2-49H2,1H3,(H,86,114)(H,87,116)(H,88,115)(H,89,117)(H,90,118)(H,91,119)(H,92,120)(H,93,121)(H,112,113)/t50-,51-,52-,53-,54-,55-,56-,57-,58-,59-,60-,61-,62-,63-/m0/s1. The molecule has 13 saturated heterocycles. The maximum absolute atomic E-state index is 14.5. The fourth-order valence-electron chi connectivity index (χ4n) is 21.2. The summed E-state index contributed by atoms with van der Waals surface area (Å²) in [5.74, 6) is -11.3. The Balaban J connectivity index is 0.520. The monoisotopic (exact) mass is 1810 g/mol. The van der Waals surface area contributed by atoms with Gasteiger partial charge in [0.15, 0.2) is 0 Å². The van der Waals surface area contributed by atoms with Crippen LogP contribution >= 0.6 is 11.8 Å². The SMILES string of the molecule is CSCC[C@H](NC(=O)[C@@H]1CCCN1C(=O)CNC(=O)[C@@H]1CCCN1C(=O)[C@@H]1CCCN1C(=O)CNC(=O)[C@@H]1CCCN1C(=O)[C@@H]1CCCN1)C(=O)NCC(=O)N1CCC[C@H]1C(=O)N1CCC[C@H]1C(=O)NCC(=O)N1CCC[C@H]1C(=O)N1CCC[C@H]1C(=O)NCC(=O)N1CCC[C@H]1C(=O)N1CCC[C@H]1C(=O)NCC(=O)N1CCC[C@H]1C(=O)N1CCC[C@H]1C(=O)NCC(=O)O. The molecule has 0 saturated carbocycles. The summed E-state index contributed by atoms with van der Waals surface area (Å²) in [5, 5.41) is 33.3. The van der Waals surface area contributed by atoms with Gasteiger partial charge in [0, 0.05) is 78.5 Å². The lowest BCUT2D eigenvalue weighted by Crippen LogP contribution is -2.57. The number of carboxylic acid groups (broad SMARTS) is 1. The van der Waals surface area contributed by atoms with Crippen molar-refractivity contribution in [1.29, 1.82) is 0 Å². The molecule has 20 amide bonds. The second kappa shape index (κ2) is 43.5. The van der Waals surface area contributed by atoms with Gasteiger partial charge in [-0.2, -0.15) is 11.8 Å². The Morgan fingerprint density at radius 1 is 0.273 bits per heavy atom. The van der Waals surface area contributed by atoms with Gasteiger partial charge in [-0.05, 0) is 192 Å². The Labute approximate surface area is 745 Å². The number of nitrogens with zero attached hydrogens (tertiary/aromatic N) is 12. The Bertz CT molecular complexity index is 4290. The number of amides is 20. The largest absolute Gasteiger partial charge is 0.480 e. The molecule has 0 aliphatic carbocycles. The highest BCUT2D eigenvalue weighted by Gasteiger charge is 2.51. The summed E-state index contributed by atoms with van der Waals surface area (Å²) in [6.45, 7) is -0.0478. The van der Waals surface area contributed by atoms with Crippen molar-refractivity contribution in [2.75, 3.05) is 143 Å². The molecule has 13 fully saturated rings. The van der Waals surface area contributed by atoms with Crippen LogP contribution in [0.15, 0.2) is 0 Å². The summed E-state index contributed by atoms with van der Waals surface area (Å²) < 4.78 is 0. The van der Waals surface area contributed by atoms with Gasteiger partial charge in [-0.25, -0.2) is 0 Å². The van der Waals surface area contributed by atoms with Crippen molar-refractivity contribution in [3.63, 3.8) is 0 Å². The number of rotatable bonds is 32. The molecule has 13 heterocycles. The van der Waals surface area contributed by atoms with Crippen molar-refractivity contribution in [3.8, 4) is 0 Å². The second-order valence-electron chi connectivity index (χ2n) is 35.5. The van der Waals surface area contributed by atoms with Crippen LogP contribution in [0.2, 0.25) is 0 Å². The molecule has 0 radical (unpaired) electrons. The first-order valence-electron chi connectivity index (χ1n) is 45.9. The first-order chi connectivity index (χ1) is 61.6. The molecule has 10 N–H and O–H groups in total. The van der Waals surface area contributed by atoms with Gasteiger partial charge in [-0.15, -0.1) is 0 Å². The van der Waals surface area contributed by atoms with Crippen LogP contribution in [0.3, 0.4) is 0 Å². The van der Waals surface area contributed by atoms with Gasteiger partial charge in [0.2, 0.25) is 118 Å². The molecule has 0 unspecified atom stereocenters. The molecular formula is C84H123N21O22S.